The number of Topliss-reactive ketones (excluding diaryl/α,β-unsaturated/α-hetero) is 1. The average Bonchev–Trinajstić information content (AvgIpc) is 3.56. The van der Waals surface area contributed by atoms with Crippen LogP contribution in [0.15, 0.2) is 60.7 Å². The van der Waals surface area contributed by atoms with Gasteiger partial charge in [0, 0.05) is 47.4 Å². The van der Waals surface area contributed by atoms with E-state index in [4.69, 9.17) is 0 Å². The Balaban J connectivity index is 1.13. The molecule has 2 aromatic carbocycles. The first kappa shape index (κ1) is 18.4. The molecule has 4 aromatic rings. The predicted molar refractivity (Wildman–Crippen MR) is 129 cm³/mol. The Morgan fingerprint density at radius 3 is 1.67 bits per heavy atom. The van der Waals surface area contributed by atoms with Crippen molar-refractivity contribution in [2.24, 2.45) is 11.8 Å². The molecule has 0 N–H and O–H groups in total. The van der Waals surface area contributed by atoms with Crippen molar-refractivity contribution >= 4 is 58.6 Å². The minimum atomic E-state index is 0.183. The lowest BCUT2D eigenvalue weighted by molar-refractivity contribution is -0.125. The molecule has 6 rings (SSSR count). The molecule has 4 heterocycles. The van der Waals surface area contributed by atoms with Crippen molar-refractivity contribution in [3.8, 4) is 0 Å². The average molecular weight is 433 g/mol. The zero-order valence-electron chi connectivity index (χ0n) is 16.8. The van der Waals surface area contributed by atoms with Gasteiger partial charge in [-0.05, 0) is 47.9 Å². The molecule has 2 unspecified atom stereocenters. The minimum absolute atomic E-state index is 0.183. The van der Waals surface area contributed by atoms with Gasteiger partial charge in [-0.25, -0.2) is 0 Å². The molecule has 0 bridgehead atoms. The van der Waals surface area contributed by atoms with E-state index in [2.05, 4.69) is 70.5 Å². The van der Waals surface area contributed by atoms with E-state index in [1.165, 1.54) is 30.2 Å². The van der Waals surface area contributed by atoms with E-state index in [1.54, 1.807) is 0 Å². The van der Waals surface area contributed by atoms with E-state index in [-0.39, 0.29) is 11.8 Å². The van der Waals surface area contributed by atoms with Crippen LogP contribution in [0.25, 0.3) is 20.2 Å². The SMILES string of the molecule is O=C(C1CCN(c2cc3ccccc3s2)C1)C1CCN(c2cc3ccccc3s2)C1. The van der Waals surface area contributed by atoms with Gasteiger partial charge in [-0.15, -0.1) is 22.7 Å². The molecule has 2 aliphatic rings. The van der Waals surface area contributed by atoms with Crippen LogP contribution < -0.4 is 9.80 Å². The number of nitrogens with zero attached hydrogens (tertiary/aromatic N) is 2. The smallest absolute Gasteiger partial charge is 0.142 e. The van der Waals surface area contributed by atoms with Crippen LogP contribution in [0.1, 0.15) is 12.8 Å². The molecular weight excluding hydrogens is 408 g/mol. The van der Waals surface area contributed by atoms with Crippen molar-refractivity contribution in [2.75, 3.05) is 36.0 Å². The van der Waals surface area contributed by atoms with Crippen LogP contribution in [0.4, 0.5) is 10.0 Å². The quantitative estimate of drug-likeness (QED) is 0.393. The summed E-state index contributed by atoms with van der Waals surface area (Å²) in [5, 5.41) is 5.23. The molecule has 2 aliphatic heterocycles. The summed E-state index contributed by atoms with van der Waals surface area (Å²) in [6.07, 6.45) is 1.99. The second-order valence-corrected chi connectivity index (χ2v) is 10.6. The maximum atomic E-state index is 13.3. The van der Waals surface area contributed by atoms with E-state index in [0.717, 1.165) is 39.0 Å². The van der Waals surface area contributed by atoms with Crippen LogP contribution in [0.3, 0.4) is 0 Å². The Bertz CT molecular complexity index is 1070. The Labute approximate surface area is 184 Å². The molecule has 0 spiro atoms. The van der Waals surface area contributed by atoms with Gasteiger partial charge in [-0.3, -0.25) is 4.79 Å². The fourth-order valence-corrected chi connectivity index (χ4v) is 7.16. The first-order chi connectivity index (χ1) is 14.7. The first-order valence-corrected chi connectivity index (χ1v) is 12.4. The van der Waals surface area contributed by atoms with E-state index in [1.807, 2.05) is 22.7 Å². The van der Waals surface area contributed by atoms with Crippen molar-refractivity contribution in [2.45, 2.75) is 12.8 Å². The Morgan fingerprint density at radius 2 is 1.20 bits per heavy atom. The number of thiophene rings is 2. The number of rotatable bonds is 4. The van der Waals surface area contributed by atoms with Crippen molar-refractivity contribution in [1.29, 1.82) is 0 Å². The number of ketones is 1. The van der Waals surface area contributed by atoms with E-state index in [0.29, 0.717) is 5.78 Å². The largest absolute Gasteiger partial charge is 0.363 e. The third-order valence-electron chi connectivity index (χ3n) is 6.63. The number of hydrogen-bond donors (Lipinski definition) is 0. The highest BCUT2D eigenvalue weighted by atomic mass is 32.1. The van der Waals surface area contributed by atoms with Gasteiger partial charge in [0.25, 0.3) is 0 Å². The van der Waals surface area contributed by atoms with Gasteiger partial charge >= 0.3 is 0 Å². The van der Waals surface area contributed by atoms with Crippen LogP contribution in [-0.4, -0.2) is 32.0 Å². The van der Waals surface area contributed by atoms with Crippen molar-refractivity contribution in [3.63, 3.8) is 0 Å². The molecule has 2 saturated heterocycles. The number of benzene rings is 2. The molecule has 3 nitrogen and oxygen atoms in total. The highest BCUT2D eigenvalue weighted by molar-refractivity contribution is 7.23. The van der Waals surface area contributed by atoms with E-state index in [9.17, 15) is 4.79 Å². The van der Waals surface area contributed by atoms with Crippen molar-refractivity contribution in [3.05, 3.63) is 60.7 Å². The van der Waals surface area contributed by atoms with E-state index >= 15 is 0 Å². The molecule has 2 aromatic heterocycles. The molecule has 0 radical (unpaired) electrons. The highest BCUT2D eigenvalue weighted by Gasteiger charge is 2.37. The van der Waals surface area contributed by atoms with Crippen LogP contribution in [0, 0.1) is 11.8 Å². The molecule has 0 saturated carbocycles. The maximum absolute atomic E-state index is 13.3. The van der Waals surface area contributed by atoms with Crippen molar-refractivity contribution in [1.82, 2.24) is 0 Å². The number of anilines is 2. The summed E-state index contributed by atoms with van der Waals surface area (Å²) >= 11 is 3.70. The second kappa shape index (κ2) is 7.40. The number of carbonyl (C=O) groups excluding carboxylic acids is 1. The Hall–Kier alpha value is -2.37. The zero-order chi connectivity index (χ0) is 20.1. The molecule has 0 aliphatic carbocycles. The summed E-state index contributed by atoms with van der Waals surface area (Å²) in [5.74, 6) is 0.854. The Morgan fingerprint density at radius 1 is 0.733 bits per heavy atom. The molecule has 0 amide bonds. The van der Waals surface area contributed by atoms with Gasteiger partial charge in [0.2, 0.25) is 0 Å². The van der Waals surface area contributed by atoms with E-state index < -0.39 is 0 Å². The number of fused-ring (bicyclic) bond motifs is 2. The maximum Gasteiger partial charge on any atom is 0.142 e. The fraction of sp³-hybridized carbons (Fsp3) is 0.320. The molecule has 5 heteroatoms. The lowest BCUT2D eigenvalue weighted by Gasteiger charge is -2.19. The summed E-state index contributed by atoms with van der Waals surface area (Å²) in [5.41, 5.74) is 0. The minimum Gasteiger partial charge on any atom is -0.363 e. The second-order valence-electron chi connectivity index (χ2n) is 8.51. The third-order valence-corrected chi connectivity index (χ3v) is 8.98. The van der Waals surface area contributed by atoms with Gasteiger partial charge < -0.3 is 9.80 Å². The number of carbonyl (C=O) groups is 1. The summed E-state index contributed by atoms with van der Waals surface area (Å²) in [6, 6.07) is 21.7. The Kier molecular flexibility index (Phi) is 4.54. The van der Waals surface area contributed by atoms with Gasteiger partial charge in [-0.2, -0.15) is 0 Å². The topological polar surface area (TPSA) is 23.6 Å². The lowest BCUT2D eigenvalue weighted by Crippen LogP contribution is -2.29. The van der Waals surface area contributed by atoms with Crippen molar-refractivity contribution < 1.29 is 4.79 Å². The summed E-state index contributed by atoms with van der Waals surface area (Å²) in [7, 11) is 0. The predicted octanol–water partition coefficient (Wildman–Crippen LogP) is 6.04. The van der Waals surface area contributed by atoms with Crippen LogP contribution in [-0.2, 0) is 4.79 Å². The van der Waals surface area contributed by atoms with Crippen LogP contribution >= 0.6 is 22.7 Å². The van der Waals surface area contributed by atoms with Gasteiger partial charge in [0.05, 0.1) is 10.0 Å². The molecular formula is C25H24N2OS2. The van der Waals surface area contributed by atoms with Crippen LogP contribution in [0.2, 0.25) is 0 Å². The standard InChI is InChI=1S/C25H24N2OS2/c28-25(19-9-11-26(15-19)23-13-17-5-1-3-7-21(17)29-23)20-10-12-27(16-20)24-14-18-6-2-4-8-22(18)30-24/h1-8,13-14,19-20H,9-12,15-16H2. The number of hydrogen-bond acceptors (Lipinski definition) is 5. The normalized spacial score (nSPS) is 21.9. The highest BCUT2D eigenvalue weighted by Crippen LogP contribution is 2.38. The lowest BCUT2D eigenvalue weighted by atomic mass is 9.91. The summed E-state index contributed by atoms with van der Waals surface area (Å²) < 4.78 is 2.66. The van der Waals surface area contributed by atoms with Crippen LogP contribution in [0.5, 0.6) is 0 Å². The fourth-order valence-electron chi connectivity index (χ4n) is 4.97. The molecule has 152 valence electrons. The molecule has 2 fully saturated rings. The molecule has 30 heavy (non-hydrogen) atoms. The zero-order valence-corrected chi connectivity index (χ0v) is 18.4. The third kappa shape index (κ3) is 3.21. The first-order valence-electron chi connectivity index (χ1n) is 10.8. The molecule has 2 atom stereocenters. The summed E-state index contributed by atoms with van der Waals surface area (Å²) in [6.45, 7) is 3.75. The van der Waals surface area contributed by atoms with Gasteiger partial charge in [0.15, 0.2) is 0 Å². The van der Waals surface area contributed by atoms with Gasteiger partial charge in [-0.1, -0.05) is 36.4 Å². The summed E-state index contributed by atoms with van der Waals surface area (Å²) in [4.78, 5) is 18.1. The van der Waals surface area contributed by atoms with Gasteiger partial charge in [0.1, 0.15) is 5.78 Å². The monoisotopic (exact) mass is 432 g/mol.